The molecule has 8 heteroatoms. The standard InChI is InChI=1S/C15H21N3O3S.ClH/c19-15(12-7-8-16-10-12)18-13-3-5-14(6-4-13)22(20,21)17-9-11-1-2-11;/h3-6,11-12,16-17H,1-2,7-10H2,(H,18,19);1H. The number of carbonyl (C=O) groups excluding carboxylic acids is 1. The number of hydrogen-bond acceptors (Lipinski definition) is 4. The van der Waals surface area contributed by atoms with Crippen molar-refractivity contribution in [3.63, 3.8) is 0 Å². The lowest BCUT2D eigenvalue weighted by Crippen LogP contribution is -2.26. The van der Waals surface area contributed by atoms with Crippen LogP contribution in [0.4, 0.5) is 5.69 Å². The molecule has 3 rings (SSSR count). The first-order valence-electron chi connectivity index (χ1n) is 7.66. The van der Waals surface area contributed by atoms with Gasteiger partial charge in [0.2, 0.25) is 15.9 Å². The van der Waals surface area contributed by atoms with E-state index in [0.29, 0.717) is 24.7 Å². The third-order valence-electron chi connectivity index (χ3n) is 4.12. The Morgan fingerprint density at radius 1 is 1.17 bits per heavy atom. The first kappa shape index (κ1) is 18.2. The average molecular weight is 360 g/mol. The molecule has 2 aliphatic rings. The van der Waals surface area contributed by atoms with E-state index in [1.165, 1.54) is 12.1 Å². The number of carbonyl (C=O) groups is 1. The molecule has 1 aliphatic carbocycles. The van der Waals surface area contributed by atoms with Gasteiger partial charge in [0.25, 0.3) is 0 Å². The van der Waals surface area contributed by atoms with Gasteiger partial charge in [-0.1, -0.05) is 0 Å². The molecular weight excluding hydrogens is 338 g/mol. The maximum Gasteiger partial charge on any atom is 0.240 e. The van der Waals surface area contributed by atoms with Gasteiger partial charge in [-0.05, 0) is 56.0 Å². The summed E-state index contributed by atoms with van der Waals surface area (Å²) in [5.74, 6) is 0.462. The van der Waals surface area contributed by atoms with Crippen molar-refractivity contribution in [3.05, 3.63) is 24.3 Å². The Morgan fingerprint density at radius 3 is 2.43 bits per heavy atom. The molecule has 1 unspecified atom stereocenters. The van der Waals surface area contributed by atoms with Gasteiger partial charge in [0, 0.05) is 18.8 Å². The molecule has 1 atom stereocenters. The highest BCUT2D eigenvalue weighted by molar-refractivity contribution is 7.89. The highest BCUT2D eigenvalue weighted by Gasteiger charge is 2.25. The topological polar surface area (TPSA) is 87.3 Å². The monoisotopic (exact) mass is 359 g/mol. The summed E-state index contributed by atoms with van der Waals surface area (Å²) in [7, 11) is -3.45. The van der Waals surface area contributed by atoms with E-state index in [2.05, 4.69) is 15.4 Å². The van der Waals surface area contributed by atoms with Crippen LogP contribution in [-0.4, -0.2) is 34.0 Å². The molecule has 23 heavy (non-hydrogen) atoms. The third kappa shape index (κ3) is 4.91. The van der Waals surface area contributed by atoms with E-state index in [1.807, 2.05) is 0 Å². The minimum Gasteiger partial charge on any atom is -0.326 e. The summed E-state index contributed by atoms with van der Waals surface area (Å²) in [5, 5.41) is 5.98. The number of sulfonamides is 1. The highest BCUT2D eigenvalue weighted by atomic mass is 35.5. The second kappa shape index (κ2) is 7.61. The number of hydrogen-bond donors (Lipinski definition) is 3. The number of rotatable bonds is 6. The van der Waals surface area contributed by atoms with Gasteiger partial charge in [0.15, 0.2) is 0 Å². The molecule has 1 aliphatic heterocycles. The van der Waals surface area contributed by atoms with Gasteiger partial charge in [-0.3, -0.25) is 4.79 Å². The van der Waals surface area contributed by atoms with Gasteiger partial charge in [-0.15, -0.1) is 12.4 Å². The molecule has 0 radical (unpaired) electrons. The zero-order valence-corrected chi connectivity index (χ0v) is 14.4. The van der Waals surface area contributed by atoms with E-state index in [0.717, 1.165) is 25.8 Å². The van der Waals surface area contributed by atoms with Crippen LogP contribution in [-0.2, 0) is 14.8 Å². The summed E-state index contributed by atoms with van der Waals surface area (Å²) in [5.41, 5.74) is 0.623. The molecule has 0 aromatic heterocycles. The number of benzene rings is 1. The van der Waals surface area contributed by atoms with Crippen molar-refractivity contribution < 1.29 is 13.2 Å². The second-order valence-corrected chi connectivity index (χ2v) is 7.77. The van der Waals surface area contributed by atoms with Gasteiger partial charge >= 0.3 is 0 Å². The fourth-order valence-corrected chi connectivity index (χ4v) is 3.59. The van der Waals surface area contributed by atoms with E-state index < -0.39 is 10.0 Å². The molecule has 1 saturated heterocycles. The molecule has 1 aromatic rings. The van der Waals surface area contributed by atoms with Crippen molar-refractivity contribution in [1.82, 2.24) is 10.0 Å². The molecule has 1 aromatic carbocycles. The Hall–Kier alpha value is -1.15. The smallest absolute Gasteiger partial charge is 0.240 e. The highest BCUT2D eigenvalue weighted by Crippen LogP contribution is 2.28. The third-order valence-corrected chi connectivity index (χ3v) is 5.56. The molecule has 1 heterocycles. The summed E-state index contributed by atoms with van der Waals surface area (Å²) < 4.78 is 26.8. The summed E-state index contributed by atoms with van der Waals surface area (Å²) in [6.45, 7) is 2.07. The van der Waals surface area contributed by atoms with Crippen molar-refractivity contribution in [2.75, 3.05) is 25.0 Å². The van der Waals surface area contributed by atoms with E-state index in [4.69, 9.17) is 0 Å². The lowest BCUT2D eigenvalue weighted by Gasteiger charge is -2.11. The first-order chi connectivity index (χ1) is 10.5. The van der Waals surface area contributed by atoms with Gasteiger partial charge in [-0.2, -0.15) is 0 Å². The molecule has 0 bridgehead atoms. The molecule has 1 saturated carbocycles. The lowest BCUT2D eigenvalue weighted by molar-refractivity contribution is -0.119. The van der Waals surface area contributed by atoms with Crippen LogP contribution in [0.2, 0.25) is 0 Å². The van der Waals surface area contributed by atoms with E-state index in [1.54, 1.807) is 12.1 Å². The van der Waals surface area contributed by atoms with Crippen LogP contribution in [0.3, 0.4) is 0 Å². The Morgan fingerprint density at radius 2 is 1.87 bits per heavy atom. The molecule has 6 nitrogen and oxygen atoms in total. The zero-order valence-electron chi connectivity index (χ0n) is 12.7. The van der Waals surface area contributed by atoms with Gasteiger partial charge in [0.1, 0.15) is 0 Å². The van der Waals surface area contributed by atoms with Crippen molar-refractivity contribution in [3.8, 4) is 0 Å². The summed E-state index contributed by atoms with van der Waals surface area (Å²) in [6, 6.07) is 6.31. The summed E-state index contributed by atoms with van der Waals surface area (Å²) >= 11 is 0. The number of anilines is 1. The maximum absolute atomic E-state index is 12.1. The molecule has 128 valence electrons. The molecular formula is C15H22ClN3O3S. The fraction of sp³-hybridized carbons (Fsp3) is 0.533. The lowest BCUT2D eigenvalue weighted by atomic mass is 10.1. The molecule has 2 fully saturated rings. The van der Waals surface area contributed by atoms with E-state index in [-0.39, 0.29) is 29.1 Å². The van der Waals surface area contributed by atoms with Crippen molar-refractivity contribution >= 4 is 34.0 Å². The largest absolute Gasteiger partial charge is 0.326 e. The predicted molar refractivity (Wildman–Crippen MR) is 91.2 cm³/mol. The molecule has 0 spiro atoms. The van der Waals surface area contributed by atoms with Crippen LogP contribution in [0.25, 0.3) is 0 Å². The van der Waals surface area contributed by atoms with Crippen molar-refractivity contribution in [2.24, 2.45) is 11.8 Å². The number of amides is 1. The van der Waals surface area contributed by atoms with Crippen LogP contribution < -0.4 is 15.4 Å². The first-order valence-corrected chi connectivity index (χ1v) is 9.14. The maximum atomic E-state index is 12.1. The van der Waals surface area contributed by atoms with Gasteiger partial charge in [0.05, 0.1) is 10.8 Å². The normalized spacial score (nSPS) is 20.8. The van der Waals surface area contributed by atoms with Crippen LogP contribution in [0, 0.1) is 11.8 Å². The summed E-state index contributed by atoms with van der Waals surface area (Å²) in [6.07, 6.45) is 3.04. The van der Waals surface area contributed by atoms with Crippen molar-refractivity contribution in [1.29, 1.82) is 0 Å². The number of halogens is 1. The molecule has 3 N–H and O–H groups in total. The van der Waals surface area contributed by atoms with Crippen LogP contribution in [0.1, 0.15) is 19.3 Å². The Bertz CT molecular complexity index is 638. The van der Waals surface area contributed by atoms with Crippen LogP contribution in [0.5, 0.6) is 0 Å². The quantitative estimate of drug-likeness (QED) is 0.715. The fourth-order valence-electron chi connectivity index (χ4n) is 2.47. The van der Waals surface area contributed by atoms with Gasteiger partial charge < -0.3 is 10.6 Å². The predicted octanol–water partition coefficient (Wildman–Crippen LogP) is 1.34. The second-order valence-electron chi connectivity index (χ2n) is 6.00. The minimum atomic E-state index is -3.45. The zero-order chi connectivity index (χ0) is 15.6. The summed E-state index contributed by atoms with van der Waals surface area (Å²) in [4.78, 5) is 12.2. The van der Waals surface area contributed by atoms with Gasteiger partial charge in [-0.25, -0.2) is 13.1 Å². The number of nitrogens with one attached hydrogen (secondary N) is 3. The average Bonchev–Trinajstić information content (AvgIpc) is 3.17. The molecule has 1 amide bonds. The van der Waals surface area contributed by atoms with Crippen molar-refractivity contribution in [2.45, 2.75) is 24.2 Å². The SMILES string of the molecule is Cl.O=C(Nc1ccc(S(=O)(=O)NCC2CC2)cc1)C1CCNC1. The Balaban J connectivity index is 0.00000192. The minimum absolute atomic E-state index is 0. The van der Waals surface area contributed by atoms with E-state index >= 15 is 0 Å². The van der Waals surface area contributed by atoms with Crippen LogP contribution in [0.15, 0.2) is 29.2 Å². The van der Waals surface area contributed by atoms with Crippen LogP contribution >= 0.6 is 12.4 Å². The van der Waals surface area contributed by atoms with E-state index in [9.17, 15) is 13.2 Å². The Labute approximate surface area is 142 Å². The Kier molecular flexibility index (Phi) is 6.02.